The molecule has 0 aliphatic rings. The SMILES string of the molecule is CC(C)(C)c1ccccc1NC(=O)Cc1ccco1. The van der Waals surface area contributed by atoms with Crippen molar-refractivity contribution in [1.82, 2.24) is 0 Å². The molecule has 0 bridgehead atoms. The third kappa shape index (κ3) is 3.47. The van der Waals surface area contributed by atoms with Crippen molar-refractivity contribution in [1.29, 1.82) is 0 Å². The second-order valence-electron chi connectivity index (χ2n) is 5.60. The molecule has 0 aliphatic carbocycles. The van der Waals surface area contributed by atoms with Gasteiger partial charge in [-0.25, -0.2) is 0 Å². The Balaban J connectivity index is 2.13. The highest BCUT2D eigenvalue weighted by atomic mass is 16.3. The first-order valence-electron chi connectivity index (χ1n) is 6.38. The molecule has 1 heterocycles. The fraction of sp³-hybridized carbons (Fsp3) is 0.312. The van der Waals surface area contributed by atoms with Gasteiger partial charge < -0.3 is 9.73 Å². The van der Waals surface area contributed by atoms with E-state index in [1.807, 2.05) is 24.3 Å². The first-order valence-corrected chi connectivity index (χ1v) is 6.38. The molecule has 3 heteroatoms. The van der Waals surface area contributed by atoms with E-state index in [1.54, 1.807) is 18.4 Å². The van der Waals surface area contributed by atoms with Crippen molar-refractivity contribution in [2.45, 2.75) is 32.6 Å². The van der Waals surface area contributed by atoms with Gasteiger partial charge in [0.1, 0.15) is 5.76 Å². The summed E-state index contributed by atoms with van der Waals surface area (Å²) in [6.45, 7) is 6.39. The van der Waals surface area contributed by atoms with Crippen LogP contribution < -0.4 is 5.32 Å². The Kier molecular flexibility index (Phi) is 3.74. The van der Waals surface area contributed by atoms with Crippen LogP contribution in [0.4, 0.5) is 5.69 Å². The van der Waals surface area contributed by atoms with E-state index in [2.05, 4.69) is 26.1 Å². The number of furan rings is 1. The fourth-order valence-electron chi connectivity index (χ4n) is 2.01. The molecule has 0 fully saturated rings. The van der Waals surface area contributed by atoms with Crippen LogP contribution in [0.2, 0.25) is 0 Å². The molecule has 0 unspecified atom stereocenters. The number of carbonyl (C=O) groups is 1. The van der Waals surface area contributed by atoms with Crippen molar-refractivity contribution < 1.29 is 9.21 Å². The zero-order chi connectivity index (χ0) is 13.9. The van der Waals surface area contributed by atoms with Crippen molar-refractivity contribution in [2.24, 2.45) is 0 Å². The molecule has 0 saturated carbocycles. The molecule has 0 aliphatic heterocycles. The maximum absolute atomic E-state index is 12.0. The number of rotatable bonds is 3. The van der Waals surface area contributed by atoms with Crippen molar-refractivity contribution in [2.75, 3.05) is 5.32 Å². The summed E-state index contributed by atoms with van der Waals surface area (Å²) in [4.78, 5) is 12.0. The number of hydrogen-bond acceptors (Lipinski definition) is 2. The van der Waals surface area contributed by atoms with Crippen molar-refractivity contribution in [3.8, 4) is 0 Å². The highest BCUT2D eigenvalue weighted by Crippen LogP contribution is 2.29. The van der Waals surface area contributed by atoms with Gasteiger partial charge in [-0.15, -0.1) is 0 Å². The van der Waals surface area contributed by atoms with Gasteiger partial charge in [-0.3, -0.25) is 4.79 Å². The van der Waals surface area contributed by atoms with Crippen LogP contribution in [0.15, 0.2) is 47.1 Å². The quantitative estimate of drug-likeness (QED) is 0.909. The molecular weight excluding hydrogens is 238 g/mol. The molecule has 1 aromatic heterocycles. The molecule has 0 spiro atoms. The molecule has 3 nitrogen and oxygen atoms in total. The number of amides is 1. The zero-order valence-corrected chi connectivity index (χ0v) is 11.6. The minimum Gasteiger partial charge on any atom is -0.469 e. The molecule has 100 valence electrons. The van der Waals surface area contributed by atoms with Crippen LogP contribution in [0.5, 0.6) is 0 Å². The number of carbonyl (C=O) groups excluding carboxylic acids is 1. The topological polar surface area (TPSA) is 42.2 Å². The van der Waals surface area contributed by atoms with Crippen LogP contribution in [0.25, 0.3) is 0 Å². The first kappa shape index (κ1) is 13.4. The molecule has 2 aromatic rings. The second-order valence-corrected chi connectivity index (χ2v) is 5.60. The fourth-order valence-corrected chi connectivity index (χ4v) is 2.01. The van der Waals surface area contributed by atoms with Crippen molar-refractivity contribution >= 4 is 11.6 Å². The van der Waals surface area contributed by atoms with E-state index < -0.39 is 0 Å². The number of nitrogens with one attached hydrogen (secondary N) is 1. The molecule has 19 heavy (non-hydrogen) atoms. The van der Waals surface area contributed by atoms with Crippen LogP contribution in [0.1, 0.15) is 32.1 Å². The van der Waals surface area contributed by atoms with Gasteiger partial charge in [0.25, 0.3) is 0 Å². The average Bonchev–Trinajstić information content (AvgIpc) is 2.81. The van der Waals surface area contributed by atoms with Gasteiger partial charge in [-0.05, 0) is 29.2 Å². The lowest BCUT2D eigenvalue weighted by atomic mass is 9.86. The van der Waals surface area contributed by atoms with Crippen LogP contribution in [0, 0.1) is 0 Å². The molecule has 2 rings (SSSR count). The van der Waals surface area contributed by atoms with E-state index in [0.29, 0.717) is 5.76 Å². The Morgan fingerprint density at radius 2 is 1.89 bits per heavy atom. The van der Waals surface area contributed by atoms with E-state index in [0.717, 1.165) is 11.3 Å². The lowest BCUT2D eigenvalue weighted by molar-refractivity contribution is -0.115. The number of hydrogen-bond donors (Lipinski definition) is 1. The minimum absolute atomic E-state index is 0.00540. The molecule has 1 aromatic carbocycles. The summed E-state index contributed by atoms with van der Waals surface area (Å²) in [5.74, 6) is 0.609. The van der Waals surface area contributed by atoms with Crippen LogP contribution in [0.3, 0.4) is 0 Å². The number of benzene rings is 1. The predicted molar refractivity (Wildman–Crippen MR) is 76.2 cm³/mol. The van der Waals surface area contributed by atoms with E-state index in [-0.39, 0.29) is 17.7 Å². The van der Waals surface area contributed by atoms with Gasteiger partial charge in [-0.2, -0.15) is 0 Å². The minimum atomic E-state index is -0.0633. The monoisotopic (exact) mass is 257 g/mol. The highest BCUT2D eigenvalue weighted by Gasteiger charge is 2.18. The maximum Gasteiger partial charge on any atom is 0.232 e. The lowest BCUT2D eigenvalue weighted by Crippen LogP contribution is -2.19. The van der Waals surface area contributed by atoms with E-state index >= 15 is 0 Å². The summed E-state index contributed by atoms with van der Waals surface area (Å²) in [5.41, 5.74) is 1.99. The van der Waals surface area contributed by atoms with E-state index in [1.165, 1.54) is 0 Å². The van der Waals surface area contributed by atoms with Gasteiger partial charge in [-0.1, -0.05) is 39.0 Å². The van der Waals surface area contributed by atoms with Crippen LogP contribution in [-0.4, -0.2) is 5.91 Å². The summed E-state index contributed by atoms with van der Waals surface area (Å²) >= 11 is 0. The molecule has 0 atom stereocenters. The van der Waals surface area contributed by atoms with E-state index in [4.69, 9.17) is 4.42 Å². The number of anilines is 1. The van der Waals surface area contributed by atoms with Gasteiger partial charge in [0.05, 0.1) is 12.7 Å². The predicted octanol–water partition coefficient (Wildman–Crippen LogP) is 3.76. The normalized spacial score (nSPS) is 11.3. The van der Waals surface area contributed by atoms with Gasteiger partial charge in [0, 0.05) is 5.69 Å². The average molecular weight is 257 g/mol. The molecule has 1 N–H and O–H groups in total. The standard InChI is InChI=1S/C16H19NO2/c1-16(2,3)13-8-4-5-9-14(13)17-15(18)11-12-7-6-10-19-12/h4-10H,11H2,1-3H3,(H,17,18). The zero-order valence-electron chi connectivity index (χ0n) is 11.6. The van der Waals surface area contributed by atoms with Gasteiger partial charge in [0.15, 0.2) is 0 Å². The summed E-state index contributed by atoms with van der Waals surface area (Å²) < 4.78 is 5.18. The Morgan fingerprint density at radius 1 is 1.16 bits per heavy atom. The number of para-hydroxylation sites is 1. The smallest absolute Gasteiger partial charge is 0.232 e. The molecule has 0 saturated heterocycles. The Bertz CT molecular complexity index is 550. The summed E-state index contributed by atoms with van der Waals surface area (Å²) in [6, 6.07) is 11.5. The summed E-state index contributed by atoms with van der Waals surface area (Å²) in [7, 11) is 0. The third-order valence-corrected chi connectivity index (χ3v) is 2.92. The summed E-state index contributed by atoms with van der Waals surface area (Å²) in [5, 5.41) is 2.96. The van der Waals surface area contributed by atoms with Crippen LogP contribution in [-0.2, 0) is 16.6 Å². The summed E-state index contributed by atoms with van der Waals surface area (Å²) in [6.07, 6.45) is 1.83. The second kappa shape index (κ2) is 5.31. The molecule has 1 amide bonds. The van der Waals surface area contributed by atoms with Crippen molar-refractivity contribution in [3.05, 3.63) is 54.0 Å². The third-order valence-electron chi connectivity index (χ3n) is 2.92. The van der Waals surface area contributed by atoms with Crippen molar-refractivity contribution in [3.63, 3.8) is 0 Å². The largest absolute Gasteiger partial charge is 0.469 e. The van der Waals surface area contributed by atoms with Crippen LogP contribution >= 0.6 is 0 Å². The Hall–Kier alpha value is -2.03. The molecule has 0 radical (unpaired) electrons. The molecular formula is C16H19NO2. The van der Waals surface area contributed by atoms with E-state index in [9.17, 15) is 4.79 Å². The van der Waals surface area contributed by atoms with Gasteiger partial charge in [0.2, 0.25) is 5.91 Å². The van der Waals surface area contributed by atoms with Gasteiger partial charge >= 0.3 is 0 Å². The lowest BCUT2D eigenvalue weighted by Gasteiger charge is -2.22. The Morgan fingerprint density at radius 3 is 2.53 bits per heavy atom. The Labute approximate surface area is 113 Å². The first-order chi connectivity index (χ1) is 8.97. The maximum atomic E-state index is 12.0. The highest BCUT2D eigenvalue weighted by molar-refractivity contribution is 5.92.